The third kappa shape index (κ3) is 1.97. The van der Waals surface area contributed by atoms with Gasteiger partial charge in [-0.05, 0) is 24.0 Å². The molecule has 0 spiro atoms. The molecule has 2 rings (SSSR count). The van der Waals surface area contributed by atoms with Crippen LogP contribution in [0.5, 0.6) is 0 Å². The molecule has 16 heavy (non-hydrogen) atoms. The zero-order valence-electron chi connectivity index (χ0n) is 10.2. The Hall–Kier alpha value is -1.31. The standard InChI is InChI=1S/C14H19NO/c1-14(2,3)12-9-10-13(16)15(12)11-7-5-4-6-8-11/h4-8,12H,9-10H2,1-3H3. The van der Waals surface area contributed by atoms with Crippen molar-refractivity contribution in [1.82, 2.24) is 0 Å². The first kappa shape index (κ1) is 11.2. The maximum absolute atomic E-state index is 12.0. The fourth-order valence-electron chi connectivity index (χ4n) is 2.42. The lowest BCUT2D eigenvalue weighted by Gasteiger charge is -2.35. The molecule has 1 fully saturated rings. The van der Waals surface area contributed by atoms with E-state index < -0.39 is 0 Å². The van der Waals surface area contributed by atoms with Gasteiger partial charge in [0.25, 0.3) is 0 Å². The molecule has 1 heterocycles. The van der Waals surface area contributed by atoms with Crippen LogP contribution in [-0.2, 0) is 4.79 Å². The van der Waals surface area contributed by atoms with Crippen LogP contribution in [0.1, 0.15) is 33.6 Å². The summed E-state index contributed by atoms with van der Waals surface area (Å²) in [6.45, 7) is 6.60. The summed E-state index contributed by atoms with van der Waals surface area (Å²) in [5.41, 5.74) is 1.17. The number of nitrogens with zero attached hydrogens (tertiary/aromatic N) is 1. The smallest absolute Gasteiger partial charge is 0.227 e. The van der Waals surface area contributed by atoms with Crippen LogP contribution in [0.3, 0.4) is 0 Å². The summed E-state index contributed by atoms with van der Waals surface area (Å²) in [4.78, 5) is 13.9. The monoisotopic (exact) mass is 217 g/mol. The lowest BCUT2D eigenvalue weighted by molar-refractivity contribution is -0.117. The predicted octanol–water partition coefficient (Wildman–Crippen LogP) is 3.23. The maximum Gasteiger partial charge on any atom is 0.227 e. The second kappa shape index (κ2) is 3.93. The van der Waals surface area contributed by atoms with Crippen molar-refractivity contribution in [1.29, 1.82) is 0 Å². The zero-order chi connectivity index (χ0) is 11.8. The van der Waals surface area contributed by atoms with Crippen LogP contribution in [-0.4, -0.2) is 11.9 Å². The minimum atomic E-state index is 0.141. The molecule has 0 aliphatic carbocycles. The van der Waals surface area contributed by atoms with Gasteiger partial charge in [0.15, 0.2) is 0 Å². The van der Waals surface area contributed by atoms with Gasteiger partial charge in [-0.3, -0.25) is 4.79 Å². The van der Waals surface area contributed by atoms with Crippen LogP contribution in [0.2, 0.25) is 0 Å². The van der Waals surface area contributed by atoms with Gasteiger partial charge in [0.2, 0.25) is 5.91 Å². The van der Waals surface area contributed by atoms with Gasteiger partial charge in [0.05, 0.1) is 0 Å². The lowest BCUT2D eigenvalue weighted by atomic mass is 9.85. The fourth-order valence-corrected chi connectivity index (χ4v) is 2.42. The number of carbonyl (C=O) groups is 1. The van der Waals surface area contributed by atoms with Crippen molar-refractivity contribution in [3.63, 3.8) is 0 Å². The van der Waals surface area contributed by atoms with Gasteiger partial charge in [0.1, 0.15) is 0 Å². The van der Waals surface area contributed by atoms with Gasteiger partial charge >= 0.3 is 0 Å². The van der Waals surface area contributed by atoms with E-state index in [1.54, 1.807) is 0 Å². The molecule has 86 valence electrons. The Balaban J connectivity index is 2.34. The number of para-hydroxylation sites is 1. The minimum Gasteiger partial charge on any atom is -0.309 e. The SMILES string of the molecule is CC(C)(C)C1CCC(=O)N1c1ccccc1. The van der Waals surface area contributed by atoms with Crippen LogP contribution < -0.4 is 4.90 Å². The zero-order valence-corrected chi connectivity index (χ0v) is 10.2. The van der Waals surface area contributed by atoms with E-state index in [-0.39, 0.29) is 11.3 Å². The van der Waals surface area contributed by atoms with Crippen molar-refractivity contribution in [2.24, 2.45) is 5.41 Å². The molecule has 0 N–H and O–H groups in total. The summed E-state index contributed by atoms with van der Waals surface area (Å²) in [7, 11) is 0. The van der Waals surface area contributed by atoms with Crippen LogP contribution in [0.15, 0.2) is 30.3 Å². The van der Waals surface area contributed by atoms with Crippen molar-refractivity contribution >= 4 is 11.6 Å². The van der Waals surface area contributed by atoms with Crippen molar-refractivity contribution in [3.05, 3.63) is 30.3 Å². The van der Waals surface area contributed by atoms with Crippen LogP contribution >= 0.6 is 0 Å². The van der Waals surface area contributed by atoms with Crippen LogP contribution in [0, 0.1) is 5.41 Å². The van der Waals surface area contributed by atoms with E-state index in [1.165, 1.54) is 0 Å². The summed E-state index contributed by atoms with van der Waals surface area (Å²) < 4.78 is 0. The molecule has 0 aromatic heterocycles. The summed E-state index contributed by atoms with van der Waals surface area (Å²) in [5, 5.41) is 0. The Morgan fingerprint density at radius 1 is 1.19 bits per heavy atom. The molecule has 0 saturated carbocycles. The normalized spacial score (nSPS) is 21.6. The second-order valence-corrected chi connectivity index (χ2v) is 5.52. The Kier molecular flexibility index (Phi) is 2.75. The minimum absolute atomic E-state index is 0.141. The number of benzene rings is 1. The van der Waals surface area contributed by atoms with Crippen molar-refractivity contribution < 1.29 is 4.79 Å². The van der Waals surface area contributed by atoms with Gasteiger partial charge in [-0.1, -0.05) is 39.0 Å². The number of rotatable bonds is 1. The van der Waals surface area contributed by atoms with E-state index in [4.69, 9.17) is 0 Å². The molecule has 1 aliphatic heterocycles. The average molecular weight is 217 g/mol. The molecule has 1 aromatic rings. The lowest BCUT2D eigenvalue weighted by Crippen LogP contribution is -2.41. The Morgan fingerprint density at radius 3 is 2.38 bits per heavy atom. The second-order valence-electron chi connectivity index (χ2n) is 5.52. The van der Waals surface area contributed by atoms with Crippen LogP contribution in [0.4, 0.5) is 5.69 Å². The molecule has 1 amide bonds. The van der Waals surface area contributed by atoms with Gasteiger partial charge in [0, 0.05) is 18.2 Å². The topological polar surface area (TPSA) is 20.3 Å². The number of hydrogen-bond acceptors (Lipinski definition) is 1. The Labute approximate surface area is 97.3 Å². The molecular weight excluding hydrogens is 198 g/mol. The first-order valence-corrected chi connectivity index (χ1v) is 5.87. The highest BCUT2D eigenvalue weighted by Gasteiger charge is 2.39. The van der Waals surface area contributed by atoms with Crippen molar-refractivity contribution in [2.75, 3.05) is 4.90 Å². The highest BCUT2D eigenvalue weighted by molar-refractivity contribution is 5.96. The van der Waals surface area contributed by atoms with Gasteiger partial charge in [-0.15, -0.1) is 0 Å². The molecule has 0 bridgehead atoms. The fraction of sp³-hybridized carbons (Fsp3) is 0.500. The van der Waals surface area contributed by atoms with Crippen LogP contribution in [0.25, 0.3) is 0 Å². The van der Waals surface area contributed by atoms with Gasteiger partial charge in [-0.2, -0.15) is 0 Å². The van der Waals surface area contributed by atoms with E-state index in [1.807, 2.05) is 35.2 Å². The molecule has 2 heteroatoms. The Morgan fingerprint density at radius 2 is 1.81 bits per heavy atom. The summed E-state index contributed by atoms with van der Waals surface area (Å²) in [5.74, 6) is 0.256. The van der Waals surface area contributed by atoms with Crippen molar-refractivity contribution in [3.8, 4) is 0 Å². The molecule has 1 aromatic carbocycles. The summed E-state index contributed by atoms with van der Waals surface area (Å²) >= 11 is 0. The molecule has 1 saturated heterocycles. The molecule has 1 aliphatic rings. The molecule has 2 nitrogen and oxygen atoms in total. The Bertz CT molecular complexity index is 377. The highest BCUT2D eigenvalue weighted by atomic mass is 16.2. The summed E-state index contributed by atoms with van der Waals surface area (Å²) in [6.07, 6.45) is 1.65. The third-order valence-electron chi connectivity index (χ3n) is 3.25. The van der Waals surface area contributed by atoms with E-state index in [9.17, 15) is 4.79 Å². The molecule has 1 atom stereocenters. The first-order chi connectivity index (χ1) is 7.50. The first-order valence-electron chi connectivity index (χ1n) is 5.87. The van der Waals surface area contributed by atoms with E-state index in [2.05, 4.69) is 20.8 Å². The average Bonchev–Trinajstić information content (AvgIpc) is 2.61. The number of hydrogen-bond donors (Lipinski definition) is 0. The quantitative estimate of drug-likeness (QED) is 0.707. The predicted molar refractivity (Wildman–Crippen MR) is 66.4 cm³/mol. The number of carbonyl (C=O) groups excluding carboxylic acids is 1. The molecule has 0 radical (unpaired) electrons. The molecular formula is C14H19NO. The van der Waals surface area contributed by atoms with Gasteiger partial charge < -0.3 is 4.90 Å². The molecule has 1 unspecified atom stereocenters. The largest absolute Gasteiger partial charge is 0.309 e. The maximum atomic E-state index is 12.0. The van der Waals surface area contributed by atoms with E-state index >= 15 is 0 Å². The van der Waals surface area contributed by atoms with E-state index in [0.29, 0.717) is 12.5 Å². The number of amides is 1. The van der Waals surface area contributed by atoms with Crippen molar-refractivity contribution in [2.45, 2.75) is 39.7 Å². The third-order valence-corrected chi connectivity index (χ3v) is 3.25. The van der Waals surface area contributed by atoms with E-state index in [0.717, 1.165) is 12.1 Å². The van der Waals surface area contributed by atoms with Gasteiger partial charge in [-0.25, -0.2) is 0 Å². The highest BCUT2D eigenvalue weighted by Crippen LogP contribution is 2.36. The number of anilines is 1. The summed E-state index contributed by atoms with van der Waals surface area (Å²) in [6, 6.07) is 10.3.